The fourth-order valence-electron chi connectivity index (χ4n) is 1.27. The molecule has 0 saturated heterocycles. The molecule has 0 fully saturated rings. The van der Waals surface area contributed by atoms with Crippen molar-refractivity contribution in [1.29, 1.82) is 0 Å². The van der Waals surface area contributed by atoms with E-state index in [0.29, 0.717) is 5.82 Å². The maximum atomic E-state index is 4.42. The van der Waals surface area contributed by atoms with Crippen LogP contribution in [0.2, 0.25) is 0 Å². The summed E-state index contributed by atoms with van der Waals surface area (Å²) < 4.78 is 0. The van der Waals surface area contributed by atoms with Crippen molar-refractivity contribution >= 4 is 17.2 Å². The van der Waals surface area contributed by atoms with Gasteiger partial charge in [0.1, 0.15) is 5.82 Å². The summed E-state index contributed by atoms with van der Waals surface area (Å²) in [5, 5.41) is 6.11. The first-order chi connectivity index (χ1) is 7.79. The molecule has 84 valence electrons. The lowest BCUT2D eigenvalue weighted by Gasteiger charge is -2.03. The van der Waals surface area contributed by atoms with Crippen LogP contribution >= 0.6 is 11.3 Å². The van der Waals surface area contributed by atoms with Gasteiger partial charge in [0.15, 0.2) is 10.8 Å². The Kier molecular flexibility index (Phi) is 3.46. The Hall–Kier alpha value is -1.49. The van der Waals surface area contributed by atoms with Crippen molar-refractivity contribution in [2.24, 2.45) is 0 Å². The molecule has 5 heteroatoms. The largest absolute Gasteiger partial charge is 0.370 e. The Morgan fingerprint density at radius 1 is 1.38 bits per heavy atom. The highest BCUT2D eigenvalue weighted by Crippen LogP contribution is 2.20. The Morgan fingerprint density at radius 2 is 2.25 bits per heavy atom. The molecule has 2 rings (SSSR count). The summed E-state index contributed by atoms with van der Waals surface area (Å²) in [5.41, 5.74) is 1.01. The second-order valence-electron chi connectivity index (χ2n) is 3.49. The highest BCUT2D eigenvalue weighted by atomic mass is 32.1. The lowest BCUT2D eigenvalue weighted by molar-refractivity contribution is 0.965. The maximum Gasteiger partial charge on any atom is 0.190 e. The minimum absolute atomic E-state index is 0.694. The van der Waals surface area contributed by atoms with Crippen LogP contribution < -0.4 is 5.32 Å². The molecule has 0 unspecified atom stereocenters. The average molecular weight is 234 g/mol. The van der Waals surface area contributed by atoms with Gasteiger partial charge >= 0.3 is 0 Å². The third-order valence-corrected chi connectivity index (χ3v) is 2.98. The van der Waals surface area contributed by atoms with Crippen LogP contribution in [0.3, 0.4) is 0 Å². The van der Waals surface area contributed by atoms with E-state index in [2.05, 4.69) is 27.2 Å². The third-order valence-electron chi connectivity index (χ3n) is 2.02. The van der Waals surface area contributed by atoms with Gasteiger partial charge in [0.2, 0.25) is 0 Å². The van der Waals surface area contributed by atoms with E-state index in [9.17, 15) is 0 Å². The molecule has 4 nitrogen and oxygen atoms in total. The fraction of sp³-hybridized carbons (Fsp3) is 0.364. The van der Waals surface area contributed by atoms with Crippen molar-refractivity contribution in [1.82, 2.24) is 15.0 Å². The summed E-state index contributed by atoms with van der Waals surface area (Å²) in [7, 11) is 0. The molecule has 0 aliphatic rings. The Bertz CT molecular complexity index is 467. The highest BCUT2D eigenvalue weighted by Gasteiger charge is 2.06. The summed E-state index contributed by atoms with van der Waals surface area (Å²) in [6.07, 6.45) is 2.84. The molecule has 2 aromatic rings. The molecule has 0 aliphatic carbocycles. The number of thiazole rings is 1. The normalized spacial score (nSPS) is 10.4. The number of rotatable bonds is 4. The Balaban J connectivity index is 2.22. The Labute approximate surface area is 98.8 Å². The van der Waals surface area contributed by atoms with Crippen LogP contribution in [0, 0.1) is 6.92 Å². The predicted octanol–water partition coefficient (Wildman–Crippen LogP) is 2.73. The van der Waals surface area contributed by atoms with Crippen LogP contribution in [-0.4, -0.2) is 21.5 Å². The van der Waals surface area contributed by atoms with E-state index in [1.165, 1.54) is 0 Å². The van der Waals surface area contributed by atoms with Crippen molar-refractivity contribution < 1.29 is 0 Å². The molecule has 0 bridgehead atoms. The van der Waals surface area contributed by atoms with Gasteiger partial charge in [-0.1, -0.05) is 6.92 Å². The molecular weight excluding hydrogens is 220 g/mol. The van der Waals surface area contributed by atoms with E-state index in [1.807, 2.05) is 18.4 Å². The zero-order chi connectivity index (χ0) is 11.4. The van der Waals surface area contributed by atoms with Crippen molar-refractivity contribution in [2.75, 3.05) is 11.9 Å². The molecule has 0 aliphatic heterocycles. The molecule has 0 atom stereocenters. The van der Waals surface area contributed by atoms with E-state index < -0.39 is 0 Å². The summed E-state index contributed by atoms with van der Waals surface area (Å²) >= 11 is 1.57. The van der Waals surface area contributed by atoms with Gasteiger partial charge in [-0.2, -0.15) is 0 Å². The first-order valence-electron chi connectivity index (χ1n) is 5.29. The predicted molar refractivity (Wildman–Crippen MR) is 66.7 cm³/mol. The molecule has 1 N–H and O–H groups in total. The molecule has 0 radical (unpaired) electrons. The van der Waals surface area contributed by atoms with Crippen LogP contribution in [0.15, 0.2) is 17.6 Å². The van der Waals surface area contributed by atoms with Gasteiger partial charge < -0.3 is 5.32 Å². The van der Waals surface area contributed by atoms with Crippen LogP contribution in [-0.2, 0) is 0 Å². The smallest absolute Gasteiger partial charge is 0.190 e. The minimum atomic E-state index is 0.694. The molecule has 0 saturated carbocycles. The van der Waals surface area contributed by atoms with E-state index >= 15 is 0 Å². The third kappa shape index (κ3) is 2.55. The number of hydrogen-bond acceptors (Lipinski definition) is 5. The SMILES string of the molecule is CCCNc1ccnc(-c2nc(C)cs2)n1. The molecule has 0 spiro atoms. The molecule has 0 aromatic carbocycles. The molecular formula is C11H14N4S. The number of anilines is 1. The quantitative estimate of drug-likeness (QED) is 0.883. The minimum Gasteiger partial charge on any atom is -0.370 e. The van der Waals surface area contributed by atoms with Crippen LogP contribution in [0.1, 0.15) is 19.0 Å². The van der Waals surface area contributed by atoms with Gasteiger partial charge in [-0.25, -0.2) is 15.0 Å². The van der Waals surface area contributed by atoms with Gasteiger partial charge in [-0.05, 0) is 19.4 Å². The van der Waals surface area contributed by atoms with Crippen molar-refractivity contribution in [3.63, 3.8) is 0 Å². The van der Waals surface area contributed by atoms with Gasteiger partial charge in [-0.3, -0.25) is 0 Å². The topological polar surface area (TPSA) is 50.7 Å². The second kappa shape index (κ2) is 5.03. The monoisotopic (exact) mass is 234 g/mol. The molecule has 2 heterocycles. The van der Waals surface area contributed by atoms with Crippen LogP contribution in [0.4, 0.5) is 5.82 Å². The zero-order valence-corrected chi connectivity index (χ0v) is 10.2. The maximum absolute atomic E-state index is 4.42. The summed E-state index contributed by atoms with van der Waals surface area (Å²) in [4.78, 5) is 13.0. The number of hydrogen-bond donors (Lipinski definition) is 1. The average Bonchev–Trinajstić information content (AvgIpc) is 2.74. The zero-order valence-electron chi connectivity index (χ0n) is 9.40. The summed E-state index contributed by atoms with van der Waals surface area (Å²) in [6, 6.07) is 1.87. The number of nitrogens with one attached hydrogen (secondary N) is 1. The molecule has 2 aromatic heterocycles. The van der Waals surface area contributed by atoms with E-state index in [0.717, 1.165) is 29.5 Å². The van der Waals surface area contributed by atoms with Crippen LogP contribution in [0.5, 0.6) is 0 Å². The van der Waals surface area contributed by atoms with Gasteiger partial charge in [0.25, 0.3) is 0 Å². The molecule has 16 heavy (non-hydrogen) atoms. The van der Waals surface area contributed by atoms with E-state index in [4.69, 9.17) is 0 Å². The fourth-order valence-corrected chi connectivity index (χ4v) is 2.01. The highest BCUT2D eigenvalue weighted by molar-refractivity contribution is 7.13. The van der Waals surface area contributed by atoms with Gasteiger partial charge in [-0.15, -0.1) is 11.3 Å². The second-order valence-corrected chi connectivity index (χ2v) is 4.34. The first kappa shape index (κ1) is 11.0. The van der Waals surface area contributed by atoms with Gasteiger partial charge in [0, 0.05) is 23.8 Å². The molecule has 0 amide bonds. The van der Waals surface area contributed by atoms with Gasteiger partial charge in [0.05, 0.1) is 0 Å². The van der Waals surface area contributed by atoms with E-state index in [-0.39, 0.29) is 0 Å². The number of aryl methyl sites for hydroxylation is 1. The van der Waals surface area contributed by atoms with Crippen LogP contribution in [0.25, 0.3) is 10.8 Å². The first-order valence-corrected chi connectivity index (χ1v) is 6.17. The van der Waals surface area contributed by atoms with E-state index in [1.54, 1.807) is 17.5 Å². The van der Waals surface area contributed by atoms with Crippen molar-refractivity contribution in [2.45, 2.75) is 20.3 Å². The number of aromatic nitrogens is 3. The lowest BCUT2D eigenvalue weighted by atomic mass is 10.4. The summed E-state index contributed by atoms with van der Waals surface area (Å²) in [5.74, 6) is 1.55. The number of nitrogens with zero attached hydrogens (tertiary/aromatic N) is 3. The lowest BCUT2D eigenvalue weighted by Crippen LogP contribution is -2.02. The summed E-state index contributed by atoms with van der Waals surface area (Å²) in [6.45, 7) is 5.02. The standard InChI is InChI=1S/C11H14N4S/c1-3-5-12-9-4-6-13-10(15-9)11-14-8(2)7-16-11/h4,6-7H,3,5H2,1-2H3,(H,12,13,15). The van der Waals surface area contributed by atoms with Crippen molar-refractivity contribution in [3.8, 4) is 10.8 Å². The van der Waals surface area contributed by atoms with Crippen molar-refractivity contribution in [3.05, 3.63) is 23.3 Å². The Morgan fingerprint density at radius 3 is 2.94 bits per heavy atom.